The number of carbonyl (C=O) groups is 1. The van der Waals surface area contributed by atoms with Gasteiger partial charge in [0.05, 0.1) is 7.11 Å². The summed E-state index contributed by atoms with van der Waals surface area (Å²) in [6, 6.07) is 0.635. The number of benzene rings is 1. The summed E-state index contributed by atoms with van der Waals surface area (Å²) >= 11 is 0. The summed E-state index contributed by atoms with van der Waals surface area (Å²) in [6.45, 7) is 0. The molecule has 0 aromatic heterocycles. The fourth-order valence-electron chi connectivity index (χ4n) is 1.23. The Morgan fingerprint density at radius 1 is 1.38 bits per heavy atom. The Kier molecular flexibility index (Phi) is 3.76. The Balaban J connectivity index is 3.10. The van der Waals surface area contributed by atoms with Gasteiger partial charge in [-0.05, 0) is 18.1 Å². The van der Waals surface area contributed by atoms with E-state index < -0.39 is 29.2 Å². The minimum Gasteiger partial charge on any atom is -0.491 e. The third-order valence-corrected chi connectivity index (χ3v) is 2.00. The van der Waals surface area contributed by atoms with Crippen LogP contribution in [0.2, 0.25) is 0 Å². The van der Waals surface area contributed by atoms with Crippen molar-refractivity contribution in [1.29, 1.82) is 0 Å². The molecule has 0 saturated heterocycles. The second kappa shape index (κ2) is 4.87. The molecule has 0 atom stereocenters. The van der Waals surface area contributed by atoms with Crippen molar-refractivity contribution >= 4 is 5.97 Å². The molecular formula is C10H9F3O3. The van der Waals surface area contributed by atoms with Gasteiger partial charge >= 0.3 is 5.97 Å². The van der Waals surface area contributed by atoms with E-state index in [1.54, 1.807) is 0 Å². The van der Waals surface area contributed by atoms with Crippen molar-refractivity contribution < 1.29 is 27.8 Å². The lowest BCUT2D eigenvalue weighted by atomic mass is 10.1. The minimum atomic E-state index is -1.42. The molecule has 0 radical (unpaired) electrons. The molecule has 0 amide bonds. The van der Waals surface area contributed by atoms with E-state index in [-0.39, 0.29) is 18.4 Å². The van der Waals surface area contributed by atoms with Crippen LogP contribution in [0.3, 0.4) is 0 Å². The molecule has 1 rings (SSSR count). The van der Waals surface area contributed by atoms with E-state index in [0.29, 0.717) is 6.07 Å². The van der Waals surface area contributed by atoms with Crippen LogP contribution in [0.25, 0.3) is 0 Å². The quantitative estimate of drug-likeness (QED) is 0.812. The van der Waals surface area contributed by atoms with Gasteiger partial charge in [-0.15, -0.1) is 0 Å². The van der Waals surface area contributed by atoms with Gasteiger partial charge in [0.15, 0.2) is 17.4 Å². The highest BCUT2D eigenvalue weighted by Crippen LogP contribution is 2.27. The molecule has 0 bridgehead atoms. The van der Waals surface area contributed by atoms with Gasteiger partial charge in [-0.25, -0.2) is 8.78 Å². The van der Waals surface area contributed by atoms with Gasteiger partial charge in [0, 0.05) is 6.42 Å². The summed E-state index contributed by atoms with van der Waals surface area (Å²) in [5.74, 6) is -5.73. The maximum Gasteiger partial charge on any atom is 0.303 e. The topological polar surface area (TPSA) is 46.5 Å². The summed E-state index contributed by atoms with van der Waals surface area (Å²) in [6.07, 6.45) is -0.597. The Bertz CT molecular complexity index is 418. The van der Waals surface area contributed by atoms with Crippen LogP contribution in [0.5, 0.6) is 5.75 Å². The number of methoxy groups -OCH3 is 1. The first kappa shape index (κ1) is 12.4. The summed E-state index contributed by atoms with van der Waals surface area (Å²) in [5, 5.41) is 8.39. The molecule has 1 aromatic rings. The molecule has 0 unspecified atom stereocenters. The molecule has 0 fully saturated rings. The van der Waals surface area contributed by atoms with Crippen molar-refractivity contribution in [3.8, 4) is 5.75 Å². The molecule has 0 aliphatic heterocycles. The second-order valence-electron chi connectivity index (χ2n) is 3.07. The van der Waals surface area contributed by atoms with Crippen molar-refractivity contribution in [3.05, 3.63) is 29.1 Å². The average Bonchev–Trinajstić information content (AvgIpc) is 2.22. The molecule has 1 aromatic carbocycles. The zero-order valence-corrected chi connectivity index (χ0v) is 8.39. The van der Waals surface area contributed by atoms with Gasteiger partial charge in [0.1, 0.15) is 0 Å². The van der Waals surface area contributed by atoms with Gasteiger partial charge in [-0.2, -0.15) is 4.39 Å². The van der Waals surface area contributed by atoms with Gasteiger partial charge in [-0.3, -0.25) is 4.79 Å². The number of aryl methyl sites for hydroxylation is 1. The van der Waals surface area contributed by atoms with E-state index in [2.05, 4.69) is 4.74 Å². The predicted octanol–water partition coefficient (Wildman–Crippen LogP) is 2.13. The number of halogens is 3. The second-order valence-corrected chi connectivity index (χ2v) is 3.07. The van der Waals surface area contributed by atoms with Crippen molar-refractivity contribution in [2.24, 2.45) is 0 Å². The molecule has 6 heteroatoms. The number of hydrogen-bond acceptors (Lipinski definition) is 2. The first-order valence-electron chi connectivity index (χ1n) is 4.39. The van der Waals surface area contributed by atoms with Crippen LogP contribution in [-0.2, 0) is 11.2 Å². The zero-order chi connectivity index (χ0) is 12.3. The van der Waals surface area contributed by atoms with E-state index in [4.69, 9.17) is 5.11 Å². The molecule has 0 aliphatic rings. The molecule has 88 valence electrons. The lowest BCUT2D eigenvalue weighted by Gasteiger charge is -2.08. The highest BCUT2D eigenvalue weighted by molar-refractivity contribution is 5.67. The molecule has 0 aliphatic carbocycles. The van der Waals surface area contributed by atoms with Gasteiger partial charge in [0.25, 0.3) is 0 Å². The Morgan fingerprint density at radius 3 is 2.50 bits per heavy atom. The van der Waals surface area contributed by atoms with Crippen molar-refractivity contribution in [3.63, 3.8) is 0 Å². The fraction of sp³-hybridized carbons (Fsp3) is 0.300. The SMILES string of the molecule is COc1c(F)c(F)cc(CCC(=O)O)c1F. The van der Waals surface area contributed by atoms with E-state index in [9.17, 15) is 18.0 Å². The summed E-state index contributed by atoms with van der Waals surface area (Å²) in [4.78, 5) is 10.3. The van der Waals surface area contributed by atoms with E-state index in [1.807, 2.05) is 0 Å². The number of aliphatic carboxylic acids is 1. The van der Waals surface area contributed by atoms with Gasteiger partial charge in [0.2, 0.25) is 5.82 Å². The highest BCUT2D eigenvalue weighted by atomic mass is 19.2. The van der Waals surface area contributed by atoms with Crippen molar-refractivity contribution in [2.75, 3.05) is 7.11 Å². The van der Waals surface area contributed by atoms with Crippen LogP contribution < -0.4 is 4.74 Å². The Labute approximate surface area is 89.5 Å². The van der Waals surface area contributed by atoms with Crippen LogP contribution in [0.4, 0.5) is 13.2 Å². The van der Waals surface area contributed by atoms with Crippen molar-refractivity contribution in [2.45, 2.75) is 12.8 Å². The summed E-state index contributed by atoms with van der Waals surface area (Å²) in [5.41, 5.74) is -0.224. The first-order chi connectivity index (χ1) is 7.47. The highest BCUT2D eigenvalue weighted by Gasteiger charge is 2.19. The molecule has 0 saturated carbocycles. The maximum absolute atomic E-state index is 13.4. The molecule has 1 N–H and O–H groups in total. The molecule has 0 spiro atoms. The van der Waals surface area contributed by atoms with Gasteiger partial charge in [-0.1, -0.05) is 0 Å². The van der Waals surface area contributed by atoms with Crippen LogP contribution in [0.1, 0.15) is 12.0 Å². The lowest BCUT2D eigenvalue weighted by molar-refractivity contribution is -0.136. The minimum absolute atomic E-state index is 0.224. The summed E-state index contributed by atoms with van der Waals surface area (Å²) in [7, 11) is 1.00. The smallest absolute Gasteiger partial charge is 0.303 e. The number of ether oxygens (including phenoxy) is 1. The van der Waals surface area contributed by atoms with Crippen LogP contribution in [0.15, 0.2) is 6.07 Å². The first-order valence-corrected chi connectivity index (χ1v) is 4.39. The third-order valence-electron chi connectivity index (χ3n) is 2.00. The summed E-state index contributed by atoms with van der Waals surface area (Å²) < 4.78 is 43.8. The van der Waals surface area contributed by atoms with E-state index in [1.165, 1.54) is 0 Å². The average molecular weight is 234 g/mol. The molecular weight excluding hydrogens is 225 g/mol. The van der Waals surface area contributed by atoms with Crippen LogP contribution >= 0.6 is 0 Å². The zero-order valence-electron chi connectivity index (χ0n) is 8.39. The third kappa shape index (κ3) is 2.44. The van der Waals surface area contributed by atoms with Crippen LogP contribution in [-0.4, -0.2) is 18.2 Å². The van der Waals surface area contributed by atoms with Crippen molar-refractivity contribution in [1.82, 2.24) is 0 Å². The monoisotopic (exact) mass is 234 g/mol. The number of rotatable bonds is 4. The fourth-order valence-corrected chi connectivity index (χ4v) is 1.23. The Hall–Kier alpha value is -1.72. The lowest BCUT2D eigenvalue weighted by Crippen LogP contribution is -2.04. The predicted molar refractivity (Wildman–Crippen MR) is 48.8 cm³/mol. The normalized spacial score (nSPS) is 10.2. The number of hydrogen-bond donors (Lipinski definition) is 1. The Morgan fingerprint density at radius 2 is 2.00 bits per heavy atom. The molecule has 0 heterocycles. The van der Waals surface area contributed by atoms with Gasteiger partial charge < -0.3 is 9.84 Å². The largest absolute Gasteiger partial charge is 0.491 e. The molecule has 16 heavy (non-hydrogen) atoms. The standard InChI is InChI=1S/C10H9F3O3/c1-16-10-8(12)5(2-3-7(14)15)4-6(11)9(10)13/h4H,2-3H2,1H3,(H,14,15). The molecule has 3 nitrogen and oxygen atoms in total. The van der Waals surface area contributed by atoms with Crippen LogP contribution in [0, 0.1) is 17.5 Å². The number of carboxylic acid groups (broad SMARTS) is 1. The maximum atomic E-state index is 13.4. The van der Waals surface area contributed by atoms with E-state index in [0.717, 1.165) is 7.11 Å². The number of carboxylic acids is 1. The van der Waals surface area contributed by atoms with E-state index >= 15 is 0 Å².